The van der Waals surface area contributed by atoms with Gasteiger partial charge < -0.3 is 14.2 Å². The van der Waals surface area contributed by atoms with Crippen LogP contribution in [0.3, 0.4) is 0 Å². The predicted molar refractivity (Wildman–Crippen MR) is 74.4 cm³/mol. The number of amides is 1. The Hall–Kier alpha value is -2.28. The Morgan fingerprint density at radius 1 is 1.43 bits per heavy atom. The largest absolute Gasteiger partial charge is 0.378 e. The highest BCUT2D eigenvalue weighted by molar-refractivity contribution is 5.92. The number of imidazole rings is 1. The number of hydrogen-bond acceptors (Lipinski definition) is 5. The van der Waals surface area contributed by atoms with Crippen molar-refractivity contribution >= 4 is 5.91 Å². The molecule has 1 aliphatic heterocycles. The van der Waals surface area contributed by atoms with Crippen LogP contribution in [0.5, 0.6) is 0 Å². The summed E-state index contributed by atoms with van der Waals surface area (Å²) in [5.74, 6) is 0.795. The number of carbonyl (C=O) groups excluding carboxylic acids is 1. The summed E-state index contributed by atoms with van der Waals surface area (Å²) in [6.07, 6.45) is 4.78. The van der Waals surface area contributed by atoms with Crippen molar-refractivity contribution in [2.75, 3.05) is 13.7 Å². The first-order valence-corrected chi connectivity index (χ1v) is 6.82. The van der Waals surface area contributed by atoms with Crippen LogP contribution in [-0.4, -0.2) is 44.0 Å². The van der Waals surface area contributed by atoms with E-state index in [0.717, 1.165) is 18.1 Å². The lowest BCUT2D eigenvalue weighted by Gasteiger charge is -2.34. The molecule has 110 valence electrons. The number of carbonyl (C=O) groups is 1. The van der Waals surface area contributed by atoms with Gasteiger partial charge in [0.2, 0.25) is 0 Å². The quantitative estimate of drug-likeness (QED) is 0.843. The van der Waals surface area contributed by atoms with E-state index in [-0.39, 0.29) is 11.9 Å². The molecule has 3 heterocycles. The second-order valence-electron chi connectivity index (χ2n) is 4.96. The molecule has 0 spiro atoms. The summed E-state index contributed by atoms with van der Waals surface area (Å²) in [5.41, 5.74) is 1.45. The lowest BCUT2D eigenvalue weighted by Crippen LogP contribution is -2.41. The molecule has 0 aromatic carbocycles. The van der Waals surface area contributed by atoms with Crippen LogP contribution in [0.4, 0.5) is 0 Å². The summed E-state index contributed by atoms with van der Waals surface area (Å²) >= 11 is 0. The minimum atomic E-state index is -0.0909. The van der Waals surface area contributed by atoms with Gasteiger partial charge in [0.1, 0.15) is 17.8 Å². The fraction of sp³-hybridized carbons (Fsp3) is 0.429. The number of rotatable bonds is 3. The van der Waals surface area contributed by atoms with Crippen LogP contribution < -0.4 is 0 Å². The Morgan fingerprint density at radius 3 is 3.00 bits per heavy atom. The van der Waals surface area contributed by atoms with E-state index in [1.807, 2.05) is 13.1 Å². The molecule has 0 bridgehead atoms. The Balaban J connectivity index is 1.86. The van der Waals surface area contributed by atoms with E-state index in [4.69, 9.17) is 4.74 Å². The van der Waals surface area contributed by atoms with Gasteiger partial charge in [-0.05, 0) is 13.0 Å². The van der Waals surface area contributed by atoms with Gasteiger partial charge in [-0.2, -0.15) is 0 Å². The molecular formula is C14H17N5O2. The van der Waals surface area contributed by atoms with Crippen LogP contribution in [0.1, 0.15) is 35.0 Å². The van der Waals surface area contributed by atoms with Crippen molar-refractivity contribution in [3.8, 4) is 0 Å². The van der Waals surface area contributed by atoms with Gasteiger partial charge in [0.25, 0.3) is 5.91 Å². The number of hydrogen-bond donors (Lipinski definition) is 0. The Bertz CT molecular complexity index is 640. The lowest BCUT2D eigenvalue weighted by molar-refractivity contribution is 0.0626. The molecule has 0 unspecified atom stereocenters. The summed E-state index contributed by atoms with van der Waals surface area (Å²) in [6.45, 7) is 3.85. The zero-order chi connectivity index (χ0) is 14.8. The summed E-state index contributed by atoms with van der Waals surface area (Å²) in [5, 5.41) is 0. The number of methoxy groups -OCH3 is 1. The second-order valence-corrected chi connectivity index (χ2v) is 4.96. The smallest absolute Gasteiger partial charge is 0.273 e. The van der Waals surface area contributed by atoms with E-state index in [1.165, 1.54) is 6.33 Å². The molecule has 2 aromatic heterocycles. The lowest BCUT2D eigenvalue weighted by atomic mass is 10.2. The zero-order valence-corrected chi connectivity index (χ0v) is 12.1. The predicted octanol–water partition coefficient (Wildman–Crippen LogP) is 1.04. The summed E-state index contributed by atoms with van der Waals surface area (Å²) in [4.78, 5) is 26.6. The maximum Gasteiger partial charge on any atom is 0.273 e. The van der Waals surface area contributed by atoms with Gasteiger partial charge in [0.15, 0.2) is 0 Å². The molecule has 1 aliphatic rings. The van der Waals surface area contributed by atoms with Crippen molar-refractivity contribution in [2.45, 2.75) is 26.1 Å². The summed E-state index contributed by atoms with van der Waals surface area (Å²) < 4.78 is 7.30. The third kappa shape index (κ3) is 2.40. The van der Waals surface area contributed by atoms with Crippen LogP contribution in [0.2, 0.25) is 0 Å². The maximum absolute atomic E-state index is 12.5. The summed E-state index contributed by atoms with van der Waals surface area (Å²) in [6, 6.07) is 1.54. The molecule has 7 nitrogen and oxygen atoms in total. The van der Waals surface area contributed by atoms with E-state index >= 15 is 0 Å². The Labute approximate surface area is 122 Å². The Morgan fingerprint density at radius 2 is 2.29 bits per heavy atom. The topological polar surface area (TPSA) is 73.1 Å². The van der Waals surface area contributed by atoms with Crippen LogP contribution in [0.15, 0.2) is 24.8 Å². The van der Waals surface area contributed by atoms with Gasteiger partial charge in [-0.25, -0.2) is 15.0 Å². The monoisotopic (exact) mass is 287 g/mol. The molecule has 2 aromatic rings. The van der Waals surface area contributed by atoms with Crippen LogP contribution in [-0.2, 0) is 17.9 Å². The van der Waals surface area contributed by atoms with Gasteiger partial charge >= 0.3 is 0 Å². The van der Waals surface area contributed by atoms with Crippen molar-refractivity contribution in [3.05, 3.63) is 42.0 Å². The van der Waals surface area contributed by atoms with Crippen molar-refractivity contribution < 1.29 is 9.53 Å². The molecule has 7 heteroatoms. The van der Waals surface area contributed by atoms with Crippen molar-refractivity contribution in [2.24, 2.45) is 0 Å². The highest BCUT2D eigenvalue weighted by Gasteiger charge is 2.31. The average Bonchev–Trinajstić information content (AvgIpc) is 2.92. The second kappa shape index (κ2) is 5.61. The third-order valence-corrected chi connectivity index (χ3v) is 3.73. The van der Waals surface area contributed by atoms with E-state index in [1.54, 1.807) is 24.3 Å². The van der Waals surface area contributed by atoms with E-state index < -0.39 is 0 Å². The number of nitrogens with zero attached hydrogens (tertiary/aromatic N) is 5. The molecule has 0 saturated heterocycles. The SMILES string of the molecule is COCc1cnc2n1CCN(C(=O)c1ccncn1)[C@H]2C. The number of aromatic nitrogens is 4. The van der Waals surface area contributed by atoms with Gasteiger partial charge in [-0.1, -0.05) is 0 Å². The van der Waals surface area contributed by atoms with E-state index in [0.29, 0.717) is 18.8 Å². The van der Waals surface area contributed by atoms with Crippen LogP contribution in [0, 0.1) is 0 Å². The van der Waals surface area contributed by atoms with Crippen molar-refractivity contribution in [1.29, 1.82) is 0 Å². The fourth-order valence-corrected chi connectivity index (χ4v) is 2.66. The molecule has 0 aliphatic carbocycles. The highest BCUT2D eigenvalue weighted by atomic mass is 16.5. The molecular weight excluding hydrogens is 270 g/mol. The summed E-state index contributed by atoms with van der Waals surface area (Å²) in [7, 11) is 1.66. The van der Waals surface area contributed by atoms with E-state index in [9.17, 15) is 4.79 Å². The Kier molecular flexibility index (Phi) is 3.66. The minimum absolute atomic E-state index is 0.0903. The van der Waals surface area contributed by atoms with Crippen molar-refractivity contribution in [1.82, 2.24) is 24.4 Å². The van der Waals surface area contributed by atoms with Gasteiger partial charge in [-0.15, -0.1) is 0 Å². The third-order valence-electron chi connectivity index (χ3n) is 3.73. The van der Waals surface area contributed by atoms with Crippen LogP contribution >= 0.6 is 0 Å². The molecule has 0 fully saturated rings. The number of ether oxygens (including phenoxy) is 1. The highest BCUT2D eigenvalue weighted by Crippen LogP contribution is 2.26. The number of fused-ring (bicyclic) bond motifs is 1. The van der Waals surface area contributed by atoms with Crippen molar-refractivity contribution in [3.63, 3.8) is 0 Å². The first kappa shape index (κ1) is 13.7. The van der Waals surface area contributed by atoms with Crippen LogP contribution in [0.25, 0.3) is 0 Å². The fourth-order valence-electron chi connectivity index (χ4n) is 2.66. The average molecular weight is 287 g/mol. The standard InChI is InChI=1S/C14H17N5O2/c1-10-13-16-7-11(8-21-2)19(13)6-5-18(10)14(20)12-3-4-15-9-17-12/h3-4,7,9-10H,5-6,8H2,1-2H3/t10-/m0/s1. The first-order valence-electron chi connectivity index (χ1n) is 6.82. The van der Waals surface area contributed by atoms with Gasteiger partial charge in [-0.3, -0.25) is 4.79 Å². The minimum Gasteiger partial charge on any atom is -0.378 e. The molecule has 0 radical (unpaired) electrons. The van der Waals surface area contributed by atoms with Gasteiger partial charge in [0.05, 0.1) is 24.5 Å². The molecule has 3 rings (SSSR count). The van der Waals surface area contributed by atoms with Gasteiger partial charge in [0, 0.05) is 26.4 Å². The molecule has 1 amide bonds. The zero-order valence-electron chi connectivity index (χ0n) is 12.1. The molecule has 0 N–H and O–H groups in total. The molecule has 21 heavy (non-hydrogen) atoms. The molecule has 0 saturated carbocycles. The maximum atomic E-state index is 12.5. The normalized spacial score (nSPS) is 17.6. The molecule has 1 atom stereocenters. The van der Waals surface area contributed by atoms with E-state index in [2.05, 4.69) is 19.5 Å². The first-order chi connectivity index (χ1) is 10.2.